The molecule has 1 aliphatic rings. The Labute approximate surface area is 141 Å². The second kappa shape index (κ2) is 6.49. The van der Waals surface area contributed by atoms with Crippen LogP contribution < -0.4 is 5.32 Å². The number of hydrogen-bond acceptors (Lipinski definition) is 4. The average molecular weight is 382 g/mol. The van der Waals surface area contributed by atoms with Crippen LogP contribution in [0, 0.1) is 6.92 Å². The summed E-state index contributed by atoms with van der Waals surface area (Å²) < 4.78 is 0.871. The van der Waals surface area contributed by atoms with Gasteiger partial charge < -0.3 is 5.32 Å². The number of nitrogens with zero attached hydrogens (tertiary/aromatic N) is 2. The first-order valence-electron chi connectivity index (χ1n) is 6.97. The predicted molar refractivity (Wildman–Crippen MR) is 86.6 cm³/mol. The van der Waals surface area contributed by atoms with E-state index in [0.29, 0.717) is 10.6 Å². The Morgan fingerprint density at radius 2 is 1.87 bits per heavy atom. The monoisotopic (exact) mass is 381 g/mol. The molecule has 0 bridgehead atoms. The molecule has 23 heavy (non-hydrogen) atoms. The van der Waals surface area contributed by atoms with Gasteiger partial charge in [-0.05, 0) is 44.5 Å². The fourth-order valence-corrected chi connectivity index (χ4v) is 2.69. The van der Waals surface area contributed by atoms with Crippen LogP contribution in [0.4, 0.5) is 10.5 Å². The van der Waals surface area contributed by atoms with E-state index in [1.165, 1.54) is 0 Å². The van der Waals surface area contributed by atoms with Crippen molar-refractivity contribution in [2.75, 3.05) is 11.9 Å². The molecule has 0 atom stereocenters. The lowest BCUT2D eigenvalue weighted by molar-refractivity contribution is -0.144. The number of benzene rings is 1. The fraction of sp³-hybridized carbons (Fsp3) is 0.333. The van der Waals surface area contributed by atoms with Crippen LogP contribution in [0.15, 0.2) is 22.7 Å². The van der Waals surface area contributed by atoms with E-state index >= 15 is 0 Å². The summed E-state index contributed by atoms with van der Waals surface area (Å²) in [5.41, 5.74) is 1.40. The van der Waals surface area contributed by atoms with E-state index in [1.54, 1.807) is 26.0 Å². The maximum atomic E-state index is 12.1. The van der Waals surface area contributed by atoms with Gasteiger partial charge in [0.1, 0.15) is 6.54 Å². The summed E-state index contributed by atoms with van der Waals surface area (Å²) >= 11 is 3.32. The minimum atomic E-state index is -0.980. The smallest absolute Gasteiger partial charge is 0.324 e. The standard InChI is InChI=1S/C15H16BrN3O4/c1-8(2)19-14(22)13(21)18(15(19)23)7-12(20)17-11-5-4-10(16)6-9(11)3/h4-6,8H,7H2,1-3H3,(H,17,20). The Bertz CT molecular complexity index is 702. The van der Waals surface area contributed by atoms with E-state index in [1.807, 2.05) is 13.0 Å². The van der Waals surface area contributed by atoms with E-state index in [-0.39, 0.29) is 0 Å². The molecule has 8 heteroatoms. The molecule has 0 unspecified atom stereocenters. The highest BCUT2D eigenvalue weighted by Crippen LogP contribution is 2.20. The number of nitrogens with one attached hydrogen (secondary N) is 1. The van der Waals surface area contributed by atoms with Crippen molar-refractivity contribution in [3.8, 4) is 0 Å². The lowest BCUT2D eigenvalue weighted by Crippen LogP contribution is -2.40. The van der Waals surface area contributed by atoms with Crippen molar-refractivity contribution in [1.82, 2.24) is 9.80 Å². The van der Waals surface area contributed by atoms with Crippen LogP contribution in [-0.2, 0) is 14.4 Å². The molecule has 2 rings (SSSR count). The van der Waals surface area contributed by atoms with Gasteiger partial charge in [0.05, 0.1) is 0 Å². The third-order valence-corrected chi connectivity index (χ3v) is 3.86. The first-order chi connectivity index (χ1) is 10.7. The van der Waals surface area contributed by atoms with Crippen LogP contribution in [0.1, 0.15) is 19.4 Å². The SMILES string of the molecule is Cc1cc(Br)ccc1NC(=O)CN1C(=O)C(=O)N(C(C)C)C1=O. The molecule has 5 amide bonds. The molecule has 1 aliphatic heterocycles. The topological polar surface area (TPSA) is 86.8 Å². The van der Waals surface area contributed by atoms with Crippen molar-refractivity contribution < 1.29 is 19.2 Å². The Morgan fingerprint density at radius 1 is 1.22 bits per heavy atom. The molecule has 1 aromatic rings. The average Bonchev–Trinajstić information content (AvgIpc) is 2.66. The van der Waals surface area contributed by atoms with Gasteiger partial charge >= 0.3 is 17.8 Å². The lowest BCUT2D eigenvalue weighted by Gasteiger charge is -2.18. The highest BCUT2D eigenvalue weighted by Gasteiger charge is 2.46. The third kappa shape index (κ3) is 3.42. The second-order valence-corrected chi connectivity index (χ2v) is 6.37. The summed E-state index contributed by atoms with van der Waals surface area (Å²) in [5.74, 6) is -2.43. The van der Waals surface area contributed by atoms with E-state index in [4.69, 9.17) is 0 Å². The molecule has 122 valence electrons. The minimum Gasteiger partial charge on any atom is -0.324 e. The van der Waals surface area contributed by atoms with Crippen molar-refractivity contribution in [3.05, 3.63) is 28.2 Å². The zero-order valence-electron chi connectivity index (χ0n) is 12.9. The van der Waals surface area contributed by atoms with Gasteiger partial charge in [0.2, 0.25) is 5.91 Å². The van der Waals surface area contributed by atoms with Crippen LogP contribution in [0.25, 0.3) is 0 Å². The number of amides is 5. The number of hydrogen-bond donors (Lipinski definition) is 1. The minimum absolute atomic E-state index is 0.444. The number of aryl methyl sites for hydroxylation is 1. The third-order valence-electron chi connectivity index (χ3n) is 3.36. The fourth-order valence-electron chi connectivity index (χ4n) is 2.22. The van der Waals surface area contributed by atoms with Crippen LogP contribution >= 0.6 is 15.9 Å². The molecule has 1 N–H and O–H groups in total. The lowest BCUT2D eigenvalue weighted by atomic mass is 10.2. The number of urea groups is 1. The molecular weight excluding hydrogens is 366 g/mol. The summed E-state index contributed by atoms with van der Waals surface area (Å²) in [7, 11) is 0. The van der Waals surface area contributed by atoms with Gasteiger partial charge in [-0.2, -0.15) is 0 Å². The quantitative estimate of drug-likeness (QED) is 0.637. The van der Waals surface area contributed by atoms with Crippen LogP contribution in [0.2, 0.25) is 0 Å². The first kappa shape index (κ1) is 17.1. The Balaban J connectivity index is 2.10. The van der Waals surface area contributed by atoms with Crippen molar-refractivity contribution in [2.24, 2.45) is 0 Å². The predicted octanol–water partition coefficient (Wildman–Crippen LogP) is 1.90. The number of carbonyl (C=O) groups is 4. The molecule has 1 saturated heterocycles. The summed E-state index contributed by atoms with van der Waals surface area (Å²) in [6.07, 6.45) is 0. The number of rotatable bonds is 4. The van der Waals surface area contributed by atoms with Gasteiger partial charge in [-0.25, -0.2) is 9.69 Å². The van der Waals surface area contributed by atoms with Crippen molar-refractivity contribution >= 4 is 45.4 Å². The van der Waals surface area contributed by atoms with Crippen LogP contribution in [0.5, 0.6) is 0 Å². The van der Waals surface area contributed by atoms with Crippen LogP contribution in [0.3, 0.4) is 0 Å². The zero-order chi connectivity index (χ0) is 17.3. The van der Waals surface area contributed by atoms with E-state index in [9.17, 15) is 19.2 Å². The number of imide groups is 2. The number of anilines is 1. The summed E-state index contributed by atoms with van der Waals surface area (Å²) in [4.78, 5) is 49.3. The molecule has 0 spiro atoms. The maximum absolute atomic E-state index is 12.1. The molecular formula is C15H16BrN3O4. The molecule has 0 radical (unpaired) electrons. The van der Waals surface area contributed by atoms with Gasteiger partial charge in [-0.15, -0.1) is 0 Å². The highest BCUT2D eigenvalue weighted by molar-refractivity contribution is 9.10. The maximum Gasteiger partial charge on any atom is 0.334 e. The molecule has 0 saturated carbocycles. The van der Waals surface area contributed by atoms with E-state index in [0.717, 1.165) is 14.9 Å². The summed E-state index contributed by atoms with van der Waals surface area (Å²) in [5, 5.41) is 2.63. The first-order valence-corrected chi connectivity index (χ1v) is 7.76. The van der Waals surface area contributed by atoms with Gasteiger partial charge in [-0.1, -0.05) is 15.9 Å². The Hall–Kier alpha value is -2.22. The Kier molecular flexibility index (Phi) is 4.84. The van der Waals surface area contributed by atoms with Crippen LogP contribution in [-0.4, -0.2) is 46.1 Å². The van der Waals surface area contributed by atoms with E-state index < -0.39 is 36.3 Å². The van der Waals surface area contributed by atoms with E-state index in [2.05, 4.69) is 21.2 Å². The van der Waals surface area contributed by atoms with Gasteiger partial charge in [-0.3, -0.25) is 19.3 Å². The highest BCUT2D eigenvalue weighted by atomic mass is 79.9. The zero-order valence-corrected chi connectivity index (χ0v) is 14.5. The largest absolute Gasteiger partial charge is 0.334 e. The molecule has 0 aromatic heterocycles. The van der Waals surface area contributed by atoms with Crippen molar-refractivity contribution in [1.29, 1.82) is 0 Å². The summed E-state index contributed by atoms with van der Waals surface area (Å²) in [6.45, 7) is 4.56. The molecule has 1 fully saturated rings. The molecule has 1 heterocycles. The number of halogens is 1. The summed E-state index contributed by atoms with van der Waals surface area (Å²) in [6, 6.07) is 4.08. The van der Waals surface area contributed by atoms with Crippen molar-refractivity contribution in [3.63, 3.8) is 0 Å². The molecule has 1 aromatic carbocycles. The van der Waals surface area contributed by atoms with Gasteiger partial charge in [0.15, 0.2) is 0 Å². The Morgan fingerprint density at radius 3 is 2.39 bits per heavy atom. The second-order valence-electron chi connectivity index (χ2n) is 5.45. The van der Waals surface area contributed by atoms with Crippen molar-refractivity contribution in [2.45, 2.75) is 26.8 Å². The number of carbonyl (C=O) groups excluding carboxylic acids is 4. The normalized spacial score (nSPS) is 14.9. The molecule has 0 aliphatic carbocycles. The molecule has 7 nitrogen and oxygen atoms in total. The van der Waals surface area contributed by atoms with Gasteiger partial charge in [0.25, 0.3) is 0 Å². The van der Waals surface area contributed by atoms with Gasteiger partial charge in [0, 0.05) is 16.2 Å².